The molecule has 92 valence electrons. The van der Waals surface area contributed by atoms with E-state index >= 15 is 0 Å². The van der Waals surface area contributed by atoms with Crippen LogP contribution in [0, 0.1) is 5.92 Å². The molecule has 0 aromatic rings. The van der Waals surface area contributed by atoms with E-state index in [-0.39, 0.29) is 24.0 Å². The van der Waals surface area contributed by atoms with Gasteiger partial charge in [0.2, 0.25) is 5.91 Å². The highest BCUT2D eigenvalue weighted by atomic mass is 32.1. The van der Waals surface area contributed by atoms with Gasteiger partial charge in [-0.25, -0.2) is 0 Å². The standard InChI is InChI=1S/C11H20N2O2S/c1-3-8(6-10(12)16)13-11(14)9-4-5-15-7(9)2/h7-9H,3-6H2,1-2H3,(H2,12,16)(H,13,14). The van der Waals surface area contributed by atoms with E-state index in [0.717, 1.165) is 12.8 Å². The summed E-state index contributed by atoms with van der Waals surface area (Å²) >= 11 is 4.85. The fraction of sp³-hybridized carbons (Fsp3) is 0.818. The Hall–Kier alpha value is -0.680. The fourth-order valence-corrected chi connectivity index (χ4v) is 2.13. The normalized spacial score (nSPS) is 26.4. The molecule has 3 N–H and O–H groups in total. The Morgan fingerprint density at radius 1 is 1.69 bits per heavy atom. The molecular formula is C11H20N2O2S. The van der Waals surface area contributed by atoms with Gasteiger partial charge in [0.05, 0.1) is 17.0 Å². The first-order chi connectivity index (χ1) is 7.54. The Balaban J connectivity index is 2.45. The number of rotatable bonds is 5. The Bertz CT molecular complexity index is 271. The van der Waals surface area contributed by atoms with Crippen molar-refractivity contribution in [1.29, 1.82) is 0 Å². The van der Waals surface area contributed by atoms with Crippen molar-refractivity contribution in [2.75, 3.05) is 6.61 Å². The maximum Gasteiger partial charge on any atom is 0.226 e. The average molecular weight is 244 g/mol. The zero-order chi connectivity index (χ0) is 12.1. The number of carbonyl (C=O) groups excluding carboxylic acids is 1. The first-order valence-electron chi connectivity index (χ1n) is 5.74. The van der Waals surface area contributed by atoms with Crippen LogP contribution < -0.4 is 11.1 Å². The maximum absolute atomic E-state index is 11.9. The summed E-state index contributed by atoms with van der Waals surface area (Å²) in [7, 11) is 0. The Labute approximate surface area is 102 Å². The number of hydrogen-bond acceptors (Lipinski definition) is 3. The van der Waals surface area contributed by atoms with Crippen LogP contribution in [0.2, 0.25) is 0 Å². The molecule has 1 amide bonds. The minimum Gasteiger partial charge on any atom is -0.393 e. The quantitative estimate of drug-likeness (QED) is 0.708. The smallest absolute Gasteiger partial charge is 0.226 e. The van der Waals surface area contributed by atoms with Gasteiger partial charge in [-0.1, -0.05) is 19.1 Å². The van der Waals surface area contributed by atoms with Crippen LogP contribution in [0.1, 0.15) is 33.1 Å². The second-order valence-electron chi connectivity index (χ2n) is 4.26. The third-order valence-electron chi connectivity index (χ3n) is 3.00. The van der Waals surface area contributed by atoms with Crippen LogP contribution in [-0.4, -0.2) is 29.6 Å². The molecule has 0 bridgehead atoms. The van der Waals surface area contributed by atoms with E-state index in [2.05, 4.69) is 5.32 Å². The molecule has 16 heavy (non-hydrogen) atoms. The summed E-state index contributed by atoms with van der Waals surface area (Å²) in [6.45, 7) is 4.62. The lowest BCUT2D eigenvalue weighted by Crippen LogP contribution is -2.42. The van der Waals surface area contributed by atoms with E-state index in [1.54, 1.807) is 0 Å². The molecule has 1 fully saturated rings. The first-order valence-corrected chi connectivity index (χ1v) is 6.15. The number of hydrogen-bond donors (Lipinski definition) is 2. The third-order valence-corrected chi connectivity index (χ3v) is 3.17. The molecule has 1 saturated heterocycles. The van der Waals surface area contributed by atoms with Crippen molar-refractivity contribution in [2.45, 2.75) is 45.3 Å². The molecule has 3 unspecified atom stereocenters. The summed E-state index contributed by atoms with van der Waals surface area (Å²) in [5, 5.41) is 2.98. The van der Waals surface area contributed by atoms with Crippen LogP contribution in [0.5, 0.6) is 0 Å². The minimum absolute atomic E-state index is 0.0161. The Kier molecular flexibility index (Phi) is 5.15. The molecule has 1 rings (SSSR count). The van der Waals surface area contributed by atoms with Crippen LogP contribution >= 0.6 is 12.2 Å². The summed E-state index contributed by atoms with van der Waals surface area (Å²) in [5.41, 5.74) is 5.48. The Morgan fingerprint density at radius 3 is 2.81 bits per heavy atom. The summed E-state index contributed by atoms with van der Waals surface area (Å²) in [5.74, 6) is 0.0356. The summed E-state index contributed by atoms with van der Waals surface area (Å²) in [4.78, 5) is 12.4. The predicted molar refractivity (Wildman–Crippen MR) is 67.1 cm³/mol. The molecule has 0 saturated carbocycles. The summed E-state index contributed by atoms with van der Waals surface area (Å²) in [6, 6.07) is 0.0535. The molecule has 1 heterocycles. The molecule has 0 radical (unpaired) electrons. The van der Waals surface area contributed by atoms with Gasteiger partial charge in [0, 0.05) is 19.1 Å². The maximum atomic E-state index is 11.9. The largest absolute Gasteiger partial charge is 0.393 e. The molecular weight excluding hydrogens is 224 g/mol. The number of nitrogens with two attached hydrogens (primary N) is 1. The van der Waals surface area contributed by atoms with Crippen molar-refractivity contribution in [3.05, 3.63) is 0 Å². The monoisotopic (exact) mass is 244 g/mol. The highest BCUT2D eigenvalue weighted by Crippen LogP contribution is 2.20. The van der Waals surface area contributed by atoms with Gasteiger partial charge < -0.3 is 15.8 Å². The van der Waals surface area contributed by atoms with Crippen molar-refractivity contribution in [3.63, 3.8) is 0 Å². The molecule has 1 aliphatic rings. The van der Waals surface area contributed by atoms with E-state index in [0.29, 0.717) is 18.0 Å². The molecule has 3 atom stereocenters. The van der Waals surface area contributed by atoms with Crippen molar-refractivity contribution in [3.8, 4) is 0 Å². The van der Waals surface area contributed by atoms with Gasteiger partial charge in [0.25, 0.3) is 0 Å². The molecule has 0 spiro atoms. The number of carbonyl (C=O) groups is 1. The third kappa shape index (κ3) is 3.72. The average Bonchev–Trinajstić information content (AvgIpc) is 2.62. The van der Waals surface area contributed by atoms with Gasteiger partial charge in [-0.05, 0) is 19.8 Å². The molecule has 0 aliphatic carbocycles. The van der Waals surface area contributed by atoms with E-state index in [4.69, 9.17) is 22.7 Å². The summed E-state index contributed by atoms with van der Waals surface area (Å²) < 4.78 is 5.37. The van der Waals surface area contributed by atoms with Gasteiger partial charge >= 0.3 is 0 Å². The lowest BCUT2D eigenvalue weighted by molar-refractivity contribution is -0.127. The second-order valence-corrected chi connectivity index (χ2v) is 4.78. The molecule has 4 nitrogen and oxygen atoms in total. The van der Waals surface area contributed by atoms with Gasteiger partial charge in [0.15, 0.2) is 0 Å². The van der Waals surface area contributed by atoms with E-state index in [9.17, 15) is 4.79 Å². The van der Waals surface area contributed by atoms with Crippen molar-refractivity contribution < 1.29 is 9.53 Å². The zero-order valence-corrected chi connectivity index (χ0v) is 10.7. The topological polar surface area (TPSA) is 64.3 Å². The Morgan fingerprint density at radius 2 is 2.38 bits per heavy atom. The summed E-state index contributed by atoms with van der Waals surface area (Å²) in [6.07, 6.45) is 2.23. The van der Waals surface area contributed by atoms with Crippen molar-refractivity contribution >= 4 is 23.1 Å². The minimum atomic E-state index is -0.0274. The van der Waals surface area contributed by atoms with Crippen LogP contribution in [0.15, 0.2) is 0 Å². The highest BCUT2D eigenvalue weighted by molar-refractivity contribution is 7.80. The van der Waals surface area contributed by atoms with E-state index < -0.39 is 0 Å². The van der Waals surface area contributed by atoms with Crippen molar-refractivity contribution in [2.24, 2.45) is 11.7 Å². The van der Waals surface area contributed by atoms with Crippen molar-refractivity contribution in [1.82, 2.24) is 5.32 Å². The second kappa shape index (κ2) is 6.15. The molecule has 1 aliphatic heterocycles. The van der Waals surface area contributed by atoms with E-state index in [1.165, 1.54) is 0 Å². The molecule has 5 heteroatoms. The van der Waals surface area contributed by atoms with Gasteiger partial charge in [0.1, 0.15) is 0 Å². The number of nitrogens with one attached hydrogen (secondary N) is 1. The van der Waals surface area contributed by atoms with Crippen LogP contribution in [-0.2, 0) is 9.53 Å². The first kappa shape index (κ1) is 13.4. The number of ether oxygens (including phenoxy) is 1. The van der Waals surface area contributed by atoms with Crippen LogP contribution in [0.4, 0.5) is 0 Å². The van der Waals surface area contributed by atoms with Gasteiger partial charge in [-0.15, -0.1) is 0 Å². The SMILES string of the molecule is CCC(CC(N)=S)NC(=O)C1CCOC1C. The predicted octanol–water partition coefficient (Wildman–Crippen LogP) is 0.982. The number of thiocarbonyl (C=S) groups is 1. The fourth-order valence-electron chi connectivity index (χ4n) is 1.92. The zero-order valence-electron chi connectivity index (χ0n) is 9.86. The van der Waals surface area contributed by atoms with E-state index in [1.807, 2.05) is 13.8 Å². The van der Waals surface area contributed by atoms with Gasteiger partial charge in [-0.3, -0.25) is 4.79 Å². The lowest BCUT2D eigenvalue weighted by Gasteiger charge is -2.20. The molecule has 0 aromatic carbocycles. The van der Waals surface area contributed by atoms with Crippen LogP contribution in [0.25, 0.3) is 0 Å². The number of amides is 1. The highest BCUT2D eigenvalue weighted by Gasteiger charge is 2.31. The van der Waals surface area contributed by atoms with Gasteiger partial charge in [-0.2, -0.15) is 0 Å². The lowest BCUT2D eigenvalue weighted by atomic mass is 10.0. The molecule has 0 aromatic heterocycles. The van der Waals surface area contributed by atoms with Crippen LogP contribution in [0.3, 0.4) is 0 Å².